The van der Waals surface area contributed by atoms with Crippen LogP contribution < -0.4 is 15.2 Å². The minimum Gasteiger partial charge on any atom is -0.486 e. The quantitative estimate of drug-likeness (QED) is 0.813. The highest BCUT2D eigenvalue weighted by Crippen LogP contribution is 2.36. The van der Waals surface area contributed by atoms with Gasteiger partial charge in [0.25, 0.3) is 0 Å². The second-order valence-electron chi connectivity index (χ2n) is 3.51. The number of rotatable bonds is 2. The topological polar surface area (TPSA) is 44.5 Å². The van der Waals surface area contributed by atoms with Crippen molar-refractivity contribution in [2.75, 3.05) is 13.2 Å². The maximum Gasteiger partial charge on any atom is 0.161 e. The summed E-state index contributed by atoms with van der Waals surface area (Å²) >= 11 is 0. The van der Waals surface area contributed by atoms with Gasteiger partial charge in [-0.15, -0.1) is 0 Å². The lowest BCUT2D eigenvalue weighted by Gasteiger charge is -2.21. The van der Waals surface area contributed by atoms with E-state index < -0.39 is 6.17 Å². The molecule has 0 radical (unpaired) electrons. The molecule has 0 bridgehead atoms. The molecule has 1 atom stereocenters. The first-order chi connectivity index (χ1) is 7.22. The average Bonchev–Trinajstić information content (AvgIpc) is 2.27. The van der Waals surface area contributed by atoms with Crippen molar-refractivity contribution >= 4 is 0 Å². The molecule has 1 aromatic carbocycles. The van der Waals surface area contributed by atoms with Crippen molar-refractivity contribution in [1.82, 2.24) is 0 Å². The van der Waals surface area contributed by atoms with E-state index in [4.69, 9.17) is 15.2 Å². The number of alkyl halides is 1. The van der Waals surface area contributed by atoms with Crippen LogP contribution in [0.5, 0.6) is 11.5 Å². The molecule has 15 heavy (non-hydrogen) atoms. The van der Waals surface area contributed by atoms with Crippen LogP contribution >= 0.6 is 0 Å². The lowest BCUT2D eigenvalue weighted by atomic mass is 10.0. The molecule has 4 heteroatoms. The van der Waals surface area contributed by atoms with Crippen molar-refractivity contribution in [1.29, 1.82) is 0 Å². The van der Waals surface area contributed by atoms with Gasteiger partial charge in [0.2, 0.25) is 0 Å². The summed E-state index contributed by atoms with van der Waals surface area (Å²) in [7, 11) is 0. The standard InChI is InChI=1S/C11H14FNO2/c1-7(12)9-5-11-10(4-8(9)6-13)14-2-3-15-11/h4-5,7H,2-3,6,13H2,1H3. The van der Waals surface area contributed by atoms with Crippen molar-refractivity contribution in [3.8, 4) is 11.5 Å². The Bertz CT molecular complexity index is 366. The predicted octanol–water partition coefficient (Wildman–Crippen LogP) is 1.95. The third-order valence-electron chi connectivity index (χ3n) is 2.45. The Morgan fingerprint density at radius 2 is 1.93 bits per heavy atom. The van der Waals surface area contributed by atoms with E-state index in [9.17, 15) is 4.39 Å². The SMILES string of the molecule is CC(F)c1cc2c(cc1CN)OCCO2. The van der Waals surface area contributed by atoms with Gasteiger partial charge < -0.3 is 15.2 Å². The van der Waals surface area contributed by atoms with Crippen LogP contribution in [-0.4, -0.2) is 13.2 Å². The van der Waals surface area contributed by atoms with Crippen molar-refractivity contribution < 1.29 is 13.9 Å². The molecule has 1 aliphatic heterocycles. The van der Waals surface area contributed by atoms with Crippen LogP contribution in [0.2, 0.25) is 0 Å². The van der Waals surface area contributed by atoms with E-state index >= 15 is 0 Å². The maximum atomic E-state index is 13.3. The lowest BCUT2D eigenvalue weighted by molar-refractivity contribution is 0.170. The second-order valence-corrected chi connectivity index (χ2v) is 3.51. The molecule has 0 amide bonds. The maximum absolute atomic E-state index is 13.3. The minimum absolute atomic E-state index is 0.306. The molecule has 0 saturated carbocycles. The molecule has 1 heterocycles. The second kappa shape index (κ2) is 4.06. The van der Waals surface area contributed by atoms with Gasteiger partial charge in [-0.2, -0.15) is 0 Å². The highest BCUT2D eigenvalue weighted by Gasteiger charge is 2.17. The number of hydrogen-bond acceptors (Lipinski definition) is 3. The summed E-state index contributed by atoms with van der Waals surface area (Å²) in [5.41, 5.74) is 6.92. The zero-order valence-electron chi connectivity index (χ0n) is 8.63. The molecule has 0 aromatic heterocycles. The van der Waals surface area contributed by atoms with Crippen molar-refractivity contribution in [3.05, 3.63) is 23.3 Å². The fourth-order valence-electron chi connectivity index (χ4n) is 1.69. The molecule has 0 aliphatic carbocycles. The van der Waals surface area contributed by atoms with Gasteiger partial charge in [0.15, 0.2) is 11.5 Å². The summed E-state index contributed by atoms with van der Waals surface area (Å²) < 4.78 is 24.1. The molecular formula is C11H14FNO2. The zero-order valence-corrected chi connectivity index (χ0v) is 8.63. The van der Waals surface area contributed by atoms with Crippen molar-refractivity contribution in [2.45, 2.75) is 19.6 Å². The number of benzene rings is 1. The zero-order chi connectivity index (χ0) is 10.8. The number of fused-ring (bicyclic) bond motifs is 1. The van der Waals surface area contributed by atoms with Gasteiger partial charge in [-0.05, 0) is 30.2 Å². The van der Waals surface area contributed by atoms with Crippen LogP contribution in [0.25, 0.3) is 0 Å². The third-order valence-corrected chi connectivity index (χ3v) is 2.45. The summed E-state index contributed by atoms with van der Waals surface area (Å²) in [5, 5.41) is 0. The molecule has 2 rings (SSSR count). The monoisotopic (exact) mass is 211 g/mol. The Balaban J connectivity index is 2.46. The molecule has 1 unspecified atom stereocenters. The first kappa shape index (κ1) is 10.2. The number of hydrogen-bond donors (Lipinski definition) is 1. The van der Waals surface area contributed by atoms with Gasteiger partial charge in [-0.1, -0.05) is 0 Å². The smallest absolute Gasteiger partial charge is 0.161 e. The van der Waals surface area contributed by atoms with Gasteiger partial charge in [0, 0.05) is 6.54 Å². The van der Waals surface area contributed by atoms with E-state index in [0.717, 1.165) is 5.56 Å². The van der Waals surface area contributed by atoms with Crippen molar-refractivity contribution in [3.63, 3.8) is 0 Å². The Labute approximate surface area is 88.0 Å². The molecule has 1 aromatic rings. The highest BCUT2D eigenvalue weighted by molar-refractivity contribution is 5.48. The fourth-order valence-corrected chi connectivity index (χ4v) is 1.69. The normalized spacial score (nSPS) is 16.2. The number of nitrogens with two attached hydrogens (primary N) is 1. The van der Waals surface area contributed by atoms with E-state index in [0.29, 0.717) is 36.8 Å². The average molecular weight is 211 g/mol. The highest BCUT2D eigenvalue weighted by atomic mass is 19.1. The van der Waals surface area contributed by atoms with Crippen LogP contribution in [0.1, 0.15) is 24.2 Å². The van der Waals surface area contributed by atoms with Gasteiger partial charge in [0.1, 0.15) is 19.4 Å². The van der Waals surface area contributed by atoms with Gasteiger partial charge in [0.05, 0.1) is 0 Å². The summed E-state index contributed by atoms with van der Waals surface area (Å²) in [6.45, 7) is 2.83. The first-order valence-corrected chi connectivity index (χ1v) is 4.99. The molecule has 82 valence electrons. The van der Waals surface area contributed by atoms with Gasteiger partial charge in [-0.25, -0.2) is 4.39 Å². The van der Waals surface area contributed by atoms with Crippen LogP contribution in [0, 0.1) is 0 Å². The van der Waals surface area contributed by atoms with Crippen LogP contribution in [0.15, 0.2) is 12.1 Å². The van der Waals surface area contributed by atoms with Crippen molar-refractivity contribution in [2.24, 2.45) is 5.73 Å². The molecule has 0 saturated heterocycles. The molecule has 0 spiro atoms. The minimum atomic E-state index is -1.04. The summed E-state index contributed by atoms with van der Waals surface area (Å²) in [5.74, 6) is 1.27. The summed E-state index contributed by atoms with van der Waals surface area (Å²) in [6.07, 6.45) is -1.04. The van der Waals surface area contributed by atoms with Gasteiger partial charge >= 0.3 is 0 Å². The Kier molecular flexibility index (Phi) is 2.77. The molecule has 0 fully saturated rings. The summed E-state index contributed by atoms with van der Waals surface area (Å²) in [4.78, 5) is 0. The van der Waals surface area contributed by atoms with E-state index in [-0.39, 0.29) is 0 Å². The lowest BCUT2D eigenvalue weighted by Crippen LogP contribution is -2.16. The van der Waals surface area contributed by atoms with Crippen LogP contribution in [0.3, 0.4) is 0 Å². The fraction of sp³-hybridized carbons (Fsp3) is 0.455. The van der Waals surface area contributed by atoms with Crippen LogP contribution in [-0.2, 0) is 6.54 Å². The number of ether oxygens (including phenoxy) is 2. The predicted molar refractivity (Wildman–Crippen MR) is 54.8 cm³/mol. The molecule has 1 aliphatic rings. The Morgan fingerprint density at radius 3 is 2.47 bits per heavy atom. The first-order valence-electron chi connectivity index (χ1n) is 4.99. The van der Waals surface area contributed by atoms with E-state index in [1.54, 1.807) is 12.1 Å². The molecule has 3 nitrogen and oxygen atoms in total. The van der Waals surface area contributed by atoms with Crippen LogP contribution in [0.4, 0.5) is 4.39 Å². The van der Waals surface area contributed by atoms with Gasteiger partial charge in [-0.3, -0.25) is 0 Å². The number of halogens is 1. The van der Waals surface area contributed by atoms with E-state index in [1.165, 1.54) is 6.92 Å². The third kappa shape index (κ3) is 1.90. The van der Waals surface area contributed by atoms with E-state index in [2.05, 4.69) is 0 Å². The Hall–Kier alpha value is -1.29. The summed E-state index contributed by atoms with van der Waals surface area (Å²) in [6, 6.07) is 3.45. The largest absolute Gasteiger partial charge is 0.486 e. The Morgan fingerprint density at radius 1 is 1.33 bits per heavy atom. The molecule has 2 N–H and O–H groups in total. The van der Waals surface area contributed by atoms with E-state index in [1.807, 2.05) is 0 Å². The molecular weight excluding hydrogens is 197 g/mol.